The topological polar surface area (TPSA) is 69.6 Å². The Hall–Kier alpha value is -2.66. The van der Waals surface area contributed by atoms with E-state index in [4.69, 9.17) is 5.21 Å². The van der Waals surface area contributed by atoms with Crippen molar-refractivity contribution in [2.24, 2.45) is 5.41 Å². The first-order chi connectivity index (χ1) is 13.0. The molecule has 0 aromatic heterocycles. The molecule has 1 heterocycles. The Labute approximate surface area is 159 Å². The number of benzene rings is 2. The normalized spacial score (nSPS) is 21.4. The number of aryl methyl sites for hydroxylation is 2. The van der Waals surface area contributed by atoms with Crippen LogP contribution in [-0.4, -0.2) is 28.5 Å². The minimum absolute atomic E-state index is 0.255. The predicted molar refractivity (Wildman–Crippen MR) is 101 cm³/mol. The first kappa shape index (κ1) is 17.7. The molecule has 2 N–H and O–H groups in total. The molecule has 5 heteroatoms. The summed E-state index contributed by atoms with van der Waals surface area (Å²) in [4.78, 5) is 26.8. The van der Waals surface area contributed by atoms with Crippen molar-refractivity contribution in [1.29, 1.82) is 0 Å². The Bertz CT molecular complexity index is 891. The number of fused-ring (bicyclic) bond motifs is 1. The molecule has 1 saturated heterocycles. The first-order valence-electron chi connectivity index (χ1n) is 9.42. The predicted octanol–water partition coefficient (Wildman–Crippen LogP) is 3.02. The van der Waals surface area contributed by atoms with Crippen molar-refractivity contribution in [2.45, 2.75) is 39.2 Å². The molecule has 0 saturated carbocycles. The van der Waals surface area contributed by atoms with Gasteiger partial charge in [0.2, 0.25) is 5.91 Å². The lowest BCUT2D eigenvalue weighted by Gasteiger charge is -2.33. The Morgan fingerprint density at radius 1 is 1.15 bits per heavy atom. The van der Waals surface area contributed by atoms with Crippen molar-refractivity contribution >= 4 is 11.8 Å². The third-order valence-corrected chi connectivity index (χ3v) is 6.07. The number of hydrogen-bond acceptors (Lipinski definition) is 3. The van der Waals surface area contributed by atoms with Crippen molar-refractivity contribution in [3.8, 4) is 0 Å². The Morgan fingerprint density at radius 2 is 1.93 bits per heavy atom. The fraction of sp³-hybridized carbons (Fsp3) is 0.364. The van der Waals surface area contributed by atoms with Crippen molar-refractivity contribution in [1.82, 2.24) is 10.4 Å². The van der Waals surface area contributed by atoms with Crippen LogP contribution in [0.1, 0.15) is 45.5 Å². The number of carbonyl (C=O) groups is 2. The van der Waals surface area contributed by atoms with Gasteiger partial charge in [0.15, 0.2) is 0 Å². The lowest BCUT2D eigenvalue weighted by Crippen LogP contribution is -2.38. The van der Waals surface area contributed by atoms with E-state index in [1.54, 1.807) is 11.5 Å². The van der Waals surface area contributed by atoms with Gasteiger partial charge in [-0.1, -0.05) is 35.9 Å². The van der Waals surface area contributed by atoms with Crippen molar-refractivity contribution in [3.63, 3.8) is 0 Å². The zero-order chi connectivity index (χ0) is 19.0. The highest BCUT2D eigenvalue weighted by atomic mass is 16.5. The van der Waals surface area contributed by atoms with Gasteiger partial charge in [-0.3, -0.25) is 14.8 Å². The standard InChI is InChI=1S/C22H24N2O3/c1-15-2-4-16(5-3-15)14-24-11-10-22(21(24)26)9-8-17-12-18(20(25)23-27)6-7-19(17)13-22/h2-7,12,27H,8-11,13-14H2,1H3,(H,23,25)/t22-/m1/s1. The molecule has 1 atom stereocenters. The summed E-state index contributed by atoms with van der Waals surface area (Å²) in [6.45, 7) is 3.53. The molecule has 27 heavy (non-hydrogen) atoms. The van der Waals surface area contributed by atoms with Crippen molar-refractivity contribution < 1.29 is 14.8 Å². The van der Waals surface area contributed by atoms with Gasteiger partial charge >= 0.3 is 0 Å². The molecular formula is C22H24N2O3. The van der Waals surface area contributed by atoms with Crippen molar-refractivity contribution in [3.05, 3.63) is 70.3 Å². The fourth-order valence-corrected chi connectivity index (χ4v) is 4.42. The Kier molecular flexibility index (Phi) is 4.48. The number of hydroxylamine groups is 1. The molecule has 2 aliphatic rings. The number of nitrogens with one attached hydrogen (secondary N) is 1. The van der Waals surface area contributed by atoms with E-state index in [9.17, 15) is 9.59 Å². The molecule has 1 spiro atoms. The van der Waals surface area contributed by atoms with Crippen LogP contribution >= 0.6 is 0 Å². The van der Waals surface area contributed by atoms with Gasteiger partial charge in [-0.15, -0.1) is 0 Å². The summed E-state index contributed by atoms with van der Waals surface area (Å²) in [5.41, 5.74) is 6.45. The summed E-state index contributed by atoms with van der Waals surface area (Å²) in [5, 5.41) is 8.81. The number of carbonyl (C=O) groups excluding carboxylic acids is 2. The van der Waals surface area contributed by atoms with Gasteiger partial charge in [0.05, 0.1) is 5.41 Å². The molecule has 0 bridgehead atoms. The number of rotatable bonds is 3. The van der Waals surface area contributed by atoms with E-state index in [1.165, 1.54) is 11.1 Å². The van der Waals surface area contributed by atoms with Crippen LogP contribution in [0.25, 0.3) is 0 Å². The van der Waals surface area contributed by atoms with Gasteiger partial charge in [-0.2, -0.15) is 0 Å². The van der Waals surface area contributed by atoms with Gasteiger partial charge in [-0.25, -0.2) is 5.48 Å². The molecule has 2 aromatic rings. The Morgan fingerprint density at radius 3 is 2.67 bits per heavy atom. The highest BCUT2D eigenvalue weighted by molar-refractivity contribution is 5.93. The molecule has 1 aliphatic heterocycles. The summed E-state index contributed by atoms with van der Waals surface area (Å²) in [6, 6.07) is 13.8. The van der Waals surface area contributed by atoms with E-state index in [0.29, 0.717) is 12.1 Å². The number of hydrogen-bond donors (Lipinski definition) is 2. The van der Waals surface area contributed by atoms with E-state index in [1.807, 2.05) is 17.0 Å². The molecule has 140 valence electrons. The van der Waals surface area contributed by atoms with Crippen LogP contribution in [0.3, 0.4) is 0 Å². The van der Waals surface area contributed by atoms with Gasteiger partial charge in [0.1, 0.15) is 0 Å². The second-order valence-electron chi connectivity index (χ2n) is 7.84. The second-order valence-corrected chi connectivity index (χ2v) is 7.84. The first-order valence-corrected chi connectivity index (χ1v) is 9.42. The third-order valence-electron chi connectivity index (χ3n) is 6.07. The van der Waals surface area contributed by atoms with E-state index < -0.39 is 5.91 Å². The molecule has 1 aliphatic carbocycles. The minimum atomic E-state index is -0.501. The molecule has 2 amide bonds. The molecule has 1 fully saturated rings. The highest BCUT2D eigenvalue weighted by Crippen LogP contribution is 2.44. The average molecular weight is 364 g/mol. The monoisotopic (exact) mass is 364 g/mol. The maximum atomic E-state index is 13.2. The minimum Gasteiger partial charge on any atom is -0.338 e. The number of likely N-dealkylation sites (tertiary alicyclic amines) is 1. The van der Waals surface area contributed by atoms with E-state index in [0.717, 1.165) is 43.4 Å². The number of nitrogens with zero attached hydrogens (tertiary/aromatic N) is 1. The smallest absolute Gasteiger partial charge is 0.274 e. The van der Waals surface area contributed by atoms with E-state index in [-0.39, 0.29) is 11.3 Å². The lowest BCUT2D eigenvalue weighted by atomic mass is 9.70. The largest absolute Gasteiger partial charge is 0.338 e. The zero-order valence-corrected chi connectivity index (χ0v) is 15.5. The number of amides is 2. The summed E-state index contributed by atoms with van der Waals surface area (Å²) >= 11 is 0. The van der Waals surface area contributed by atoms with Crippen LogP contribution in [0.5, 0.6) is 0 Å². The van der Waals surface area contributed by atoms with Gasteiger partial charge in [0, 0.05) is 18.7 Å². The zero-order valence-electron chi connectivity index (χ0n) is 15.5. The molecule has 0 radical (unpaired) electrons. The summed E-state index contributed by atoms with van der Waals surface area (Å²) in [7, 11) is 0. The van der Waals surface area contributed by atoms with E-state index >= 15 is 0 Å². The van der Waals surface area contributed by atoms with Crippen LogP contribution < -0.4 is 5.48 Å². The van der Waals surface area contributed by atoms with Crippen LogP contribution in [0, 0.1) is 12.3 Å². The fourth-order valence-electron chi connectivity index (χ4n) is 4.42. The molecule has 5 nitrogen and oxygen atoms in total. The maximum Gasteiger partial charge on any atom is 0.274 e. The van der Waals surface area contributed by atoms with Gasteiger partial charge in [0.25, 0.3) is 5.91 Å². The highest BCUT2D eigenvalue weighted by Gasteiger charge is 2.47. The van der Waals surface area contributed by atoms with Gasteiger partial charge < -0.3 is 4.90 Å². The van der Waals surface area contributed by atoms with Crippen LogP contribution in [-0.2, 0) is 24.2 Å². The molecule has 4 rings (SSSR count). The quantitative estimate of drug-likeness (QED) is 0.650. The SMILES string of the molecule is Cc1ccc(CN2CC[C@@]3(CCc4cc(C(=O)NO)ccc4C3)C2=O)cc1. The lowest BCUT2D eigenvalue weighted by molar-refractivity contribution is -0.137. The molecule has 2 aromatic carbocycles. The molecular weight excluding hydrogens is 340 g/mol. The Balaban J connectivity index is 1.51. The van der Waals surface area contributed by atoms with Crippen LogP contribution in [0.4, 0.5) is 0 Å². The van der Waals surface area contributed by atoms with E-state index in [2.05, 4.69) is 31.2 Å². The van der Waals surface area contributed by atoms with Crippen LogP contribution in [0.15, 0.2) is 42.5 Å². The summed E-state index contributed by atoms with van der Waals surface area (Å²) in [5.74, 6) is -0.245. The van der Waals surface area contributed by atoms with Crippen LogP contribution in [0.2, 0.25) is 0 Å². The molecule has 0 unspecified atom stereocenters. The van der Waals surface area contributed by atoms with Gasteiger partial charge in [-0.05, 0) is 61.4 Å². The summed E-state index contributed by atoms with van der Waals surface area (Å²) in [6.07, 6.45) is 3.21. The third kappa shape index (κ3) is 3.23. The second kappa shape index (κ2) is 6.82. The summed E-state index contributed by atoms with van der Waals surface area (Å²) < 4.78 is 0. The maximum absolute atomic E-state index is 13.2. The van der Waals surface area contributed by atoms with Crippen molar-refractivity contribution in [2.75, 3.05) is 6.54 Å². The average Bonchev–Trinajstić information content (AvgIpc) is 2.98.